The van der Waals surface area contributed by atoms with Gasteiger partial charge >= 0.3 is 5.97 Å². The summed E-state index contributed by atoms with van der Waals surface area (Å²) in [6.07, 6.45) is 0. The molecule has 0 atom stereocenters. The monoisotopic (exact) mass is 443 g/mol. The fourth-order valence-electron chi connectivity index (χ4n) is 3.37. The summed E-state index contributed by atoms with van der Waals surface area (Å²) >= 11 is 3.24. The molecule has 3 aromatic carbocycles. The predicted molar refractivity (Wildman–Crippen MR) is 109 cm³/mol. The highest BCUT2D eigenvalue weighted by Crippen LogP contribution is 2.31. The molecule has 1 fully saturated rings. The highest BCUT2D eigenvalue weighted by Gasteiger charge is 2.19. The Kier molecular flexibility index (Phi) is 5.71. The molecule has 6 heteroatoms. The third kappa shape index (κ3) is 4.09. The summed E-state index contributed by atoms with van der Waals surface area (Å²) in [5.74, 6) is -0.418. The molecule has 0 aromatic heterocycles. The minimum absolute atomic E-state index is 0.284. The lowest BCUT2D eigenvalue weighted by molar-refractivity contribution is 0.0339. The fraction of sp³-hybridized carbons (Fsp3) is 0.227. The van der Waals surface area contributed by atoms with Crippen molar-refractivity contribution < 1.29 is 18.7 Å². The van der Waals surface area contributed by atoms with Crippen LogP contribution in [0.25, 0.3) is 10.8 Å². The summed E-state index contributed by atoms with van der Waals surface area (Å²) in [5.41, 5.74) is 1.25. The Bertz CT molecular complexity index is 1020. The van der Waals surface area contributed by atoms with Gasteiger partial charge in [-0.05, 0) is 51.0 Å². The van der Waals surface area contributed by atoms with E-state index in [4.69, 9.17) is 9.47 Å². The molecule has 0 bridgehead atoms. The van der Waals surface area contributed by atoms with E-state index >= 15 is 0 Å². The number of carbonyl (C=O) groups excluding carboxylic acids is 1. The number of nitrogens with zero attached hydrogens (tertiary/aromatic N) is 1. The molecule has 3 aromatic rings. The molecule has 28 heavy (non-hydrogen) atoms. The number of halogens is 2. The van der Waals surface area contributed by atoms with Crippen molar-refractivity contribution in [3.05, 3.63) is 76.0 Å². The van der Waals surface area contributed by atoms with Gasteiger partial charge in [-0.2, -0.15) is 0 Å². The van der Waals surface area contributed by atoms with E-state index in [1.807, 2.05) is 36.4 Å². The van der Waals surface area contributed by atoms with Crippen molar-refractivity contribution >= 4 is 32.7 Å². The number of fused-ring (bicyclic) bond motifs is 1. The lowest BCUT2D eigenvalue weighted by Crippen LogP contribution is -2.35. The van der Waals surface area contributed by atoms with Gasteiger partial charge in [-0.15, -0.1) is 0 Å². The van der Waals surface area contributed by atoms with Crippen LogP contribution in [-0.4, -0.2) is 37.2 Å². The van der Waals surface area contributed by atoms with E-state index in [0.29, 0.717) is 30.0 Å². The van der Waals surface area contributed by atoms with Crippen molar-refractivity contribution in [3.63, 3.8) is 0 Å². The summed E-state index contributed by atoms with van der Waals surface area (Å²) in [6, 6.07) is 15.7. The number of hydrogen-bond donors (Lipinski definition) is 0. The van der Waals surface area contributed by atoms with Gasteiger partial charge in [0, 0.05) is 29.7 Å². The van der Waals surface area contributed by atoms with Gasteiger partial charge in [-0.3, -0.25) is 4.90 Å². The van der Waals surface area contributed by atoms with Crippen molar-refractivity contribution in [3.8, 4) is 5.75 Å². The summed E-state index contributed by atoms with van der Waals surface area (Å²) in [7, 11) is 0. The van der Waals surface area contributed by atoms with Gasteiger partial charge in [-0.25, -0.2) is 9.18 Å². The lowest BCUT2D eigenvalue weighted by atomic mass is 10.0. The Morgan fingerprint density at radius 2 is 1.89 bits per heavy atom. The molecule has 0 amide bonds. The van der Waals surface area contributed by atoms with Gasteiger partial charge in [0.1, 0.15) is 11.6 Å². The summed E-state index contributed by atoms with van der Waals surface area (Å²) in [5, 5.41) is 2.14. The molecule has 1 saturated heterocycles. The summed E-state index contributed by atoms with van der Waals surface area (Å²) in [6.45, 7) is 3.73. The van der Waals surface area contributed by atoms with Crippen LogP contribution in [0.15, 0.2) is 59.1 Å². The normalized spacial score (nSPS) is 14.9. The molecule has 4 rings (SSSR count). The number of morpholine rings is 1. The Balaban J connectivity index is 1.69. The molecule has 1 aliphatic heterocycles. The van der Waals surface area contributed by atoms with Gasteiger partial charge in [0.15, 0.2) is 0 Å². The maximum Gasteiger partial charge on any atom is 0.344 e. The van der Waals surface area contributed by atoms with Crippen molar-refractivity contribution in [2.24, 2.45) is 0 Å². The van der Waals surface area contributed by atoms with E-state index in [9.17, 15) is 9.18 Å². The topological polar surface area (TPSA) is 38.8 Å². The van der Waals surface area contributed by atoms with Crippen molar-refractivity contribution in [1.82, 2.24) is 4.90 Å². The second kappa shape index (κ2) is 8.39. The van der Waals surface area contributed by atoms with E-state index < -0.39 is 11.8 Å². The number of ether oxygens (including phenoxy) is 2. The van der Waals surface area contributed by atoms with Crippen LogP contribution in [0.2, 0.25) is 0 Å². The lowest BCUT2D eigenvalue weighted by Gasteiger charge is -2.27. The zero-order valence-electron chi connectivity index (χ0n) is 15.2. The maximum atomic E-state index is 13.3. The first-order chi connectivity index (χ1) is 13.6. The Hall–Kier alpha value is -2.28. The number of rotatable bonds is 4. The standard InChI is InChI=1S/C22H19BrFNO3/c23-20-13-16(24)6-7-18(20)22(26)28-21-8-5-15-3-1-2-4-17(15)19(21)14-25-9-11-27-12-10-25/h1-8,13H,9-12,14H2. The first kappa shape index (κ1) is 19.1. The molecule has 1 heterocycles. The maximum absolute atomic E-state index is 13.3. The van der Waals surface area contributed by atoms with Gasteiger partial charge in [-0.1, -0.05) is 30.3 Å². The quantitative estimate of drug-likeness (QED) is 0.429. The number of benzene rings is 3. The van der Waals surface area contributed by atoms with Crippen LogP contribution in [0.4, 0.5) is 4.39 Å². The average Bonchev–Trinajstić information content (AvgIpc) is 2.70. The number of esters is 1. The largest absolute Gasteiger partial charge is 0.423 e. The van der Waals surface area contributed by atoms with Crippen LogP contribution >= 0.6 is 15.9 Å². The molecule has 0 aliphatic carbocycles. The molecule has 144 valence electrons. The van der Waals surface area contributed by atoms with Gasteiger partial charge < -0.3 is 9.47 Å². The van der Waals surface area contributed by atoms with E-state index in [1.54, 1.807) is 0 Å². The number of hydrogen-bond acceptors (Lipinski definition) is 4. The minimum atomic E-state index is -0.523. The zero-order valence-corrected chi connectivity index (χ0v) is 16.7. The van der Waals surface area contributed by atoms with Crippen LogP contribution < -0.4 is 4.74 Å². The highest BCUT2D eigenvalue weighted by atomic mass is 79.9. The molecule has 1 aliphatic rings. The van der Waals surface area contributed by atoms with E-state index in [-0.39, 0.29) is 5.56 Å². The molecular formula is C22H19BrFNO3. The second-order valence-corrected chi connectivity index (χ2v) is 7.52. The van der Waals surface area contributed by atoms with Crippen LogP contribution in [0.3, 0.4) is 0 Å². The predicted octanol–water partition coefficient (Wildman–Crippen LogP) is 4.79. The van der Waals surface area contributed by atoms with Crippen LogP contribution in [0.5, 0.6) is 5.75 Å². The highest BCUT2D eigenvalue weighted by molar-refractivity contribution is 9.10. The van der Waals surface area contributed by atoms with Gasteiger partial charge in [0.05, 0.1) is 18.8 Å². The molecular weight excluding hydrogens is 425 g/mol. The van der Waals surface area contributed by atoms with Crippen LogP contribution in [0.1, 0.15) is 15.9 Å². The van der Waals surface area contributed by atoms with Crippen LogP contribution in [0, 0.1) is 5.82 Å². The average molecular weight is 444 g/mol. The first-order valence-corrected chi connectivity index (χ1v) is 9.89. The van der Waals surface area contributed by atoms with Gasteiger partial charge in [0.2, 0.25) is 0 Å². The second-order valence-electron chi connectivity index (χ2n) is 6.67. The van der Waals surface area contributed by atoms with E-state index in [0.717, 1.165) is 29.4 Å². The first-order valence-electron chi connectivity index (χ1n) is 9.10. The van der Waals surface area contributed by atoms with Crippen LogP contribution in [-0.2, 0) is 11.3 Å². The van der Waals surface area contributed by atoms with Gasteiger partial charge in [0.25, 0.3) is 0 Å². The Morgan fingerprint density at radius 1 is 1.11 bits per heavy atom. The fourth-order valence-corrected chi connectivity index (χ4v) is 3.88. The molecule has 0 N–H and O–H groups in total. The third-order valence-electron chi connectivity index (χ3n) is 4.84. The summed E-state index contributed by atoms with van der Waals surface area (Å²) in [4.78, 5) is 15.0. The number of carbonyl (C=O) groups is 1. The van der Waals surface area contributed by atoms with Crippen molar-refractivity contribution in [1.29, 1.82) is 0 Å². The molecule has 4 nitrogen and oxygen atoms in total. The van der Waals surface area contributed by atoms with Crippen molar-refractivity contribution in [2.45, 2.75) is 6.54 Å². The molecule has 0 unspecified atom stereocenters. The smallest absolute Gasteiger partial charge is 0.344 e. The Labute approximate surface area is 171 Å². The Morgan fingerprint density at radius 3 is 2.68 bits per heavy atom. The molecule has 0 saturated carbocycles. The SMILES string of the molecule is O=C(Oc1ccc2ccccc2c1CN1CCOCC1)c1ccc(F)cc1Br. The summed E-state index contributed by atoms with van der Waals surface area (Å²) < 4.78 is 24.9. The minimum Gasteiger partial charge on any atom is -0.423 e. The molecule has 0 radical (unpaired) electrons. The van der Waals surface area contributed by atoms with Crippen molar-refractivity contribution in [2.75, 3.05) is 26.3 Å². The zero-order chi connectivity index (χ0) is 19.5. The van der Waals surface area contributed by atoms with E-state index in [1.165, 1.54) is 18.2 Å². The third-order valence-corrected chi connectivity index (χ3v) is 5.49. The molecule has 0 spiro atoms. The van der Waals surface area contributed by atoms with E-state index in [2.05, 4.69) is 20.8 Å².